The summed E-state index contributed by atoms with van der Waals surface area (Å²) in [5.41, 5.74) is 3.38. The van der Waals surface area contributed by atoms with Gasteiger partial charge in [-0.15, -0.1) is 0 Å². The predicted molar refractivity (Wildman–Crippen MR) is 96.9 cm³/mol. The molecule has 2 heterocycles. The molecule has 1 aromatic heterocycles. The van der Waals surface area contributed by atoms with Crippen LogP contribution in [-0.2, 0) is 9.84 Å². The molecule has 3 rings (SSSR count). The summed E-state index contributed by atoms with van der Waals surface area (Å²) in [6.45, 7) is 6.04. The third-order valence-electron chi connectivity index (χ3n) is 4.44. The molecular weight excluding hydrogens is 338 g/mol. The molecule has 1 N–H and O–H groups in total. The van der Waals surface area contributed by atoms with Crippen LogP contribution in [0.4, 0.5) is 0 Å². The highest BCUT2D eigenvalue weighted by Crippen LogP contribution is 2.24. The lowest BCUT2D eigenvalue weighted by Crippen LogP contribution is -2.36. The van der Waals surface area contributed by atoms with E-state index >= 15 is 0 Å². The number of hydrogen-bond donors (Lipinski definition) is 1. The minimum Gasteiger partial charge on any atom is -0.348 e. The molecule has 25 heavy (non-hydrogen) atoms. The highest BCUT2D eigenvalue weighted by molar-refractivity contribution is 7.91. The molecule has 0 saturated carbocycles. The Morgan fingerprint density at radius 1 is 1.28 bits per heavy atom. The van der Waals surface area contributed by atoms with Crippen LogP contribution in [0, 0.1) is 6.92 Å². The number of nitrogens with one attached hydrogen (secondary N) is 1. The molecule has 7 heteroatoms. The fourth-order valence-electron chi connectivity index (χ4n) is 3.15. The number of amides is 1. The first kappa shape index (κ1) is 17.7. The molecule has 6 nitrogen and oxygen atoms in total. The van der Waals surface area contributed by atoms with Crippen molar-refractivity contribution in [1.82, 2.24) is 15.1 Å². The second kappa shape index (κ2) is 6.63. The zero-order valence-corrected chi connectivity index (χ0v) is 15.5. The maximum atomic E-state index is 12.7. The first-order valence-corrected chi connectivity index (χ1v) is 10.3. The molecule has 0 aliphatic carbocycles. The Kier molecular flexibility index (Phi) is 4.69. The zero-order valence-electron chi connectivity index (χ0n) is 14.7. The van der Waals surface area contributed by atoms with Crippen LogP contribution in [0.3, 0.4) is 0 Å². The van der Waals surface area contributed by atoms with Crippen molar-refractivity contribution < 1.29 is 13.2 Å². The summed E-state index contributed by atoms with van der Waals surface area (Å²) in [4.78, 5) is 12.7. The normalized spacial score (nSPS) is 19.3. The monoisotopic (exact) mass is 361 g/mol. The average Bonchev–Trinajstić information content (AvgIpc) is 3.11. The van der Waals surface area contributed by atoms with Gasteiger partial charge in [0.05, 0.1) is 34.6 Å². The lowest BCUT2D eigenvalue weighted by atomic mass is 10.0. The number of hydrogen-bond acceptors (Lipinski definition) is 4. The number of aryl methyl sites for hydroxylation is 1. The van der Waals surface area contributed by atoms with Gasteiger partial charge in [-0.1, -0.05) is 31.5 Å². The molecule has 1 aromatic carbocycles. The lowest BCUT2D eigenvalue weighted by Gasteiger charge is -2.15. The van der Waals surface area contributed by atoms with Crippen molar-refractivity contribution in [2.45, 2.75) is 39.2 Å². The van der Waals surface area contributed by atoms with Crippen molar-refractivity contribution >= 4 is 15.7 Å². The van der Waals surface area contributed by atoms with Crippen molar-refractivity contribution in [3.8, 4) is 5.69 Å². The molecule has 1 unspecified atom stereocenters. The molecule has 1 saturated heterocycles. The molecule has 1 amide bonds. The summed E-state index contributed by atoms with van der Waals surface area (Å²) in [5.74, 6) is -0.0135. The molecule has 1 fully saturated rings. The number of benzene rings is 1. The standard InChI is InChI=1S/C18H23N3O3S/c1-12(2)17-16(18(22)20-14-8-9-25(23,24)11-14)10-19-21(17)15-6-4-13(3)5-7-15/h4-7,10,12,14H,8-9,11H2,1-3H3,(H,20,22). The van der Waals surface area contributed by atoms with Crippen molar-refractivity contribution in [2.24, 2.45) is 0 Å². The molecule has 0 radical (unpaired) electrons. The van der Waals surface area contributed by atoms with Crippen LogP contribution in [0.1, 0.15) is 47.8 Å². The Balaban J connectivity index is 1.89. The van der Waals surface area contributed by atoms with E-state index in [4.69, 9.17) is 0 Å². The summed E-state index contributed by atoms with van der Waals surface area (Å²) in [7, 11) is -3.03. The number of rotatable bonds is 4. The van der Waals surface area contributed by atoms with Gasteiger partial charge in [-0.3, -0.25) is 4.79 Å². The van der Waals surface area contributed by atoms with Gasteiger partial charge in [-0.2, -0.15) is 5.10 Å². The summed E-state index contributed by atoms with van der Waals surface area (Å²) >= 11 is 0. The van der Waals surface area contributed by atoms with Gasteiger partial charge in [0, 0.05) is 6.04 Å². The smallest absolute Gasteiger partial charge is 0.255 e. The SMILES string of the molecule is Cc1ccc(-n2ncc(C(=O)NC3CCS(=O)(=O)C3)c2C(C)C)cc1. The highest BCUT2D eigenvalue weighted by atomic mass is 32.2. The van der Waals surface area contributed by atoms with Gasteiger partial charge >= 0.3 is 0 Å². The third-order valence-corrected chi connectivity index (χ3v) is 6.21. The zero-order chi connectivity index (χ0) is 18.2. The number of carbonyl (C=O) groups excluding carboxylic acids is 1. The van der Waals surface area contributed by atoms with Crippen LogP contribution in [0.25, 0.3) is 5.69 Å². The second-order valence-electron chi connectivity index (χ2n) is 6.92. The van der Waals surface area contributed by atoms with Crippen LogP contribution >= 0.6 is 0 Å². The van der Waals surface area contributed by atoms with Crippen molar-refractivity contribution in [3.05, 3.63) is 47.3 Å². The Labute approximate surface area is 148 Å². The van der Waals surface area contributed by atoms with Gasteiger partial charge in [0.25, 0.3) is 5.91 Å². The average molecular weight is 361 g/mol. The van der Waals surface area contributed by atoms with Crippen LogP contribution in [0.5, 0.6) is 0 Å². The highest BCUT2D eigenvalue weighted by Gasteiger charge is 2.30. The van der Waals surface area contributed by atoms with Crippen molar-refractivity contribution in [3.63, 3.8) is 0 Å². The number of aromatic nitrogens is 2. The van der Waals surface area contributed by atoms with Gasteiger partial charge in [0.1, 0.15) is 0 Å². The van der Waals surface area contributed by atoms with Gasteiger partial charge in [0.2, 0.25) is 0 Å². The minimum absolute atomic E-state index is 0.0157. The predicted octanol–water partition coefficient (Wildman–Crippen LogP) is 2.22. The lowest BCUT2D eigenvalue weighted by molar-refractivity contribution is 0.0939. The van der Waals surface area contributed by atoms with Crippen LogP contribution in [0.15, 0.2) is 30.5 Å². The summed E-state index contributed by atoms with van der Waals surface area (Å²) in [5, 5.41) is 7.25. The fourth-order valence-corrected chi connectivity index (χ4v) is 4.83. The van der Waals surface area contributed by atoms with E-state index in [0.717, 1.165) is 16.9 Å². The molecule has 1 aliphatic rings. The van der Waals surface area contributed by atoms with E-state index in [9.17, 15) is 13.2 Å². The molecular formula is C18H23N3O3S. The van der Waals surface area contributed by atoms with E-state index in [1.807, 2.05) is 45.0 Å². The van der Waals surface area contributed by atoms with Gasteiger partial charge < -0.3 is 5.32 Å². The van der Waals surface area contributed by atoms with E-state index in [1.54, 1.807) is 10.9 Å². The molecule has 0 bridgehead atoms. The Morgan fingerprint density at radius 2 is 1.96 bits per heavy atom. The summed E-state index contributed by atoms with van der Waals surface area (Å²) in [6, 6.07) is 7.63. The van der Waals surface area contributed by atoms with Gasteiger partial charge in [0.15, 0.2) is 9.84 Å². The van der Waals surface area contributed by atoms with Crippen LogP contribution < -0.4 is 5.32 Å². The quantitative estimate of drug-likeness (QED) is 0.905. The number of nitrogens with zero attached hydrogens (tertiary/aromatic N) is 2. The summed E-state index contributed by atoms with van der Waals surface area (Å²) < 4.78 is 24.9. The second-order valence-corrected chi connectivity index (χ2v) is 9.15. The van der Waals surface area contributed by atoms with E-state index in [1.165, 1.54) is 0 Å². The topological polar surface area (TPSA) is 81.1 Å². The summed E-state index contributed by atoms with van der Waals surface area (Å²) in [6.07, 6.45) is 2.03. The maximum absolute atomic E-state index is 12.7. The molecule has 2 aromatic rings. The molecule has 1 atom stereocenters. The van der Waals surface area contributed by atoms with E-state index in [-0.39, 0.29) is 29.4 Å². The van der Waals surface area contributed by atoms with Crippen LogP contribution in [0.2, 0.25) is 0 Å². The number of carbonyl (C=O) groups is 1. The Bertz CT molecular complexity index is 883. The first-order valence-electron chi connectivity index (χ1n) is 8.43. The van der Waals surface area contributed by atoms with Gasteiger partial charge in [-0.05, 0) is 31.4 Å². The largest absolute Gasteiger partial charge is 0.348 e. The maximum Gasteiger partial charge on any atom is 0.255 e. The van der Waals surface area contributed by atoms with E-state index < -0.39 is 9.84 Å². The van der Waals surface area contributed by atoms with Crippen molar-refractivity contribution in [2.75, 3.05) is 11.5 Å². The Hall–Kier alpha value is -2.15. The molecule has 0 spiro atoms. The van der Waals surface area contributed by atoms with E-state index in [0.29, 0.717) is 12.0 Å². The molecule has 134 valence electrons. The fraction of sp³-hybridized carbons (Fsp3) is 0.444. The molecule has 1 aliphatic heterocycles. The third kappa shape index (κ3) is 3.76. The van der Waals surface area contributed by atoms with Crippen LogP contribution in [-0.4, -0.2) is 41.7 Å². The minimum atomic E-state index is -3.03. The van der Waals surface area contributed by atoms with Gasteiger partial charge in [-0.25, -0.2) is 13.1 Å². The van der Waals surface area contributed by atoms with E-state index in [2.05, 4.69) is 10.4 Å². The van der Waals surface area contributed by atoms with Crippen molar-refractivity contribution in [1.29, 1.82) is 0 Å². The Morgan fingerprint density at radius 3 is 2.52 bits per heavy atom. The number of sulfone groups is 1. The first-order chi connectivity index (χ1) is 11.8.